The van der Waals surface area contributed by atoms with Crippen LogP contribution in [0.2, 0.25) is 0 Å². The van der Waals surface area contributed by atoms with Crippen LogP contribution in [-0.4, -0.2) is 79.0 Å². The van der Waals surface area contributed by atoms with Gasteiger partial charge >= 0.3 is 0 Å². The first-order valence-corrected chi connectivity index (χ1v) is 13.1. The number of amides is 1. The van der Waals surface area contributed by atoms with Gasteiger partial charge in [0.15, 0.2) is 5.78 Å². The van der Waals surface area contributed by atoms with E-state index in [1.165, 1.54) is 5.69 Å². The highest BCUT2D eigenvalue weighted by molar-refractivity contribution is 5.94. The number of Topliss-reactive ketones (excluding diaryl/α,β-unsaturated/α-hetero) is 1. The zero-order chi connectivity index (χ0) is 26.5. The van der Waals surface area contributed by atoms with Gasteiger partial charge in [0.1, 0.15) is 5.82 Å². The van der Waals surface area contributed by atoms with Gasteiger partial charge in [-0.2, -0.15) is 4.98 Å². The molecule has 2 fully saturated rings. The van der Waals surface area contributed by atoms with Crippen molar-refractivity contribution in [2.45, 2.75) is 20.3 Å². The quantitative estimate of drug-likeness (QED) is 0.480. The maximum absolute atomic E-state index is 12.9. The maximum Gasteiger partial charge on any atom is 0.229 e. The second kappa shape index (κ2) is 11.6. The molecule has 2 aliphatic rings. The maximum atomic E-state index is 12.9. The number of piperazine rings is 1. The summed E-state index contributed by atoms with van der Waals surface area (Å²) in [7, 11) is 0. The van der Waals surface area contributed by atoms with Crippen molar-refractivity contribution in [3.8, 4) is 0 Å². The van der Waals surface area contributed by atoms with Crippen LogP contribution in [0.15, 0.2) is 54.7 Å². The Bertz CT molecular complexity index is 1260. The monoisotopic (exact) mass is 514 g/mol. The molecule has 2 saturated heterocycles. The van der Waals surface area contributed by atoms with E-state index in [4.69, 9.17) is 9.72 Å². The van der Waals surface area contributed by atoms with Crippen LogP contribution in [0.1, 0.15) is 28.4 Å². The minimum atomic E-state index is 0.0269. The van der Waals surface area contributed by atoms with Crippen LogP contribution >= 0.6 is 0 Å². The minimum absolute atomic E-state index is 0.0269. The molecule has 0 unspecified atom stereocenters. The first kappa shape index (κ1) is 25.7. The summed E-state index contributed by atoms with van der Waals surface area (Å²) in [5, 5.41) is 3.33. The predicted molar refractivity (Wildman–Crippen MR) is 148 cm³/mol. The molecule has 9 heteroatoms. The summed E-state index contributed by atoms with van der Waals surface area (Å²) >= 11 is 0. The summed E-state index contributed by atoms with van der Waals surface area (Å²) in [5.74, 6) is 1.57. The third kappa shape index (κ3) is 6.11. The molecule has 0 saturated carbocycles. The van der Waals surface area contributed by atoms with E-state index in [1.54, 1.807) is 19.1 Å². The molecule has 0 atom stereocenters. The smallest absolute Gasteiger partial charge is 0.229 e. The Labute approximate surface area is 223 Å². The summed E-state index contributed by atoms with van der Waals surface area (Å²) in [6.45, 7) is 9.59. The van der Waals surface area contributed by atoms with Crippen LogP contribution in [0.3, 0.4) is 0 Å². The van der Waals surface area contributed by atoms with E-state index >= 15 is 0 Å². The van der Waals surface area contributed by atoms with Gasteiger partial charge in [-0.15, -0.1) is 0 Å². The largest absolute Gasteiger partial charge is 0.378 e. The summed E-state index contributed by atoms with van der Waals surface area (Å²) in [6.07, 6.45) is 2.18. The molecule has 0 aliphatic carbocycles. The number of anilines is 4. The van der Waals surface area contributed by atoms with Crippen molar-refractivity contribution in [1.29, 1.82) is 0 Å². The Morgan fingerprint density at radius 2 is 1.58 bits per heavy atom. The molecule has 3 aromatic rings. The SMILES string of the molecule is CC(=O)c1ccc(CC(=O)N2CCN(c3nc(Nc4ccc(N5CCOCC5)cc4)ncc3C)CC2)cc1. The van der Waals surface area contributed by atoms with Crippen molar-refractivity contribution in [3.05, 3.63) is 71.4 Å². The fraction of sp³-hybridized carbons (Fsp3) is 0.379. The summed E-state index contributed by atoms with van der Waals surface area (Å²) in [6, 6.07) is 15.6. The van der Waals surface area contributed by atoms with Gasteiger partial charge in [0, 0.05) is 68.0 Å². The molecule has 9 nitrogen and oxygen atoms in total. The number of morpholine rings is 1. The number of hydrogen-bond acceptors (Lipinski definition) is 8. The standard InChI is InChI=1S/C29H34N6O3/c1-21-20-30-29(31-25-7-9-26(10-8-25)33-15-17-38-18-16-33)32-28(21)35-13-11-34(12-14-35)27(37)19-23-3-5-24(6-4-23)22(2)36/h3-10,20H,11-19H2,1-2H3,(H,30,31,32). The summed E-state index contributed by atoms with van der Waals surface area (Å²) in [5.41, 5.74) is 4.70. The second-order valence-electron chi connectivity index (χ2n) is 9.77. The highest BCUT2D eigenvalue weighted by Gasteiger charge is 2.23. The van der Waals surface area contributed by atoms with Gasteiger partial charge in [-0.3, -0.25) is 9.59 Å². The third-order valence-electron chi connectivity index (χ3n) is 7.09. The van der Waals surface area contributed by atoms with E-state index in [2.05, 4.69) is 32.2 Å². The Morgan fingerprint density at radius 1 is 0.895 bits per heavy atom. The fourth-order valence-electron chi connectivity index (χ4n) is 4.83. The van der Waals surface area contributed by atoms with Gasteiger partial charge in [0.25, 0.3) is 0 Å². The molecule has 1 N–H and O–H groups in total. The number of carbonyl (C=O) groups excluding carboxylic acids is 2. The Hall–Kier alpha value is -3.98. The lowest BCUT2D eigenvalue weighted by atomic mass is 10.1. The zero-order valence-electron chi connectivity index (χ0n) is 22.0. The number of ketones is 1. The number of aryl methyl sites for hydroxylation is 1. The fourth-order valence-corrected chi connectivity index (χ4v) is 4.83. The van der Waals surface area contributed by atoms with Crippen LogP contribution in [0.25, 0.3) is 0 Å². The molecule has 2 aliphatic heterocycles. The van der Waals surface area contributed by atoms with Crippen molar-refractivity contribution >= 4 is 34.8 Å². The van der Waals surface area contributed by atoms with E-state index in [0.717, 1.165) is 48.9 Å². The van der Waals surface area contributed by atoms with Gasteiger partial charge in [0.2, 0.25) is 11.9 Å². The third-order valence-corrected chi connectivity index (χ3v) is 7.09. The zero-order valence-corrected chi connectivity index (χ0v) is 22.0. The molecule has 198 valence electrons. The van der Waals surface area contributed by atoms with E-state index in [-0.39, 0.29) is 11.7 Å². The molecular weight excluding hydrogens is 480 g/mol. The number of aromatic nitrogens is 2. The molecule has 0 bridgehead atoms. The van der Waals surface area contributed by atoms with Crippen LogP contribution in [0.5, 0.6) is 0 Å². The van der Waals surface area contributed by atoms with Crippen molar-refractivity contribution in [2.24, 2.45) is 0 Å². The van der Waals surface area contributed by atoms with Crippen molar-refractivity contribution in [3.63, 3.8) is 0 Å². The van der Waals surface area contributed by atoms with Crippen LogP contribution in [-0.2, 0) is 16.0 Å². The minimum Gasteiger partial charge on any atom is -0.378 e. The molecular formula is C29H34N6O3. The van der Waals surface area contributed by atoms with E-state index in [9.17, 15) is 9.59 Å². The average Bonchev–Trinajstić information content (AvgIpc) is 2.95. The first-order chi connectivity index (χ1) is 18.5. The second-order valence-corrected chi connectivity index (χ2v) is 9.77. The van der Waals surface area contributed by atoms with Crippen LogP contribution < -0.4 is 15.1 Å². The molecule has 38 heavy (non-hydrogen) atoms. The number of nitrogens with one attached hydrogen (secondary N) is 1. The number of benzene rings is 2. The predicted octanol–water partition coefficient (Wildman–Crippen LogP) is 3.46. The lowest BCUT2D eigenvalue weighted by molar-refractivity contribution is -0.130. The van der Waals surface area contributed by atoms with Gasteiger partial charge in [0.05, 0.1) is 19.6 Å². The molecule has 2 aromatic carbocycles. The van der Waals surface area contributed by atoms with E-state index < -0.39 is 0 Å². The number of rotatable bonds is 7. The lowest BCUT2D eigenvalue weighted by Gasteiger charge is -2.36. The normalized spacial score (nSPS) is 15.9. The highest BCUT2D eigenvalue weighted by atomic mass is 16.5. The lowest BCUT2D eigenvalue weighted by Crippen LogP contribution is -2.49. The Balaban J connectivity index is 1.17. The number of nitrogens with zero attached hydrogens (tertiary/aromatic N) is 5. The molecule has 0 spiro atoms. The molecule has 0 radical (unpaired) electrons. The summed E-state index contributed by atoms with van der Waals surface area (Å²) in [4.78, 5) is 40.1. The van der Waals surface area contributed by atoms with E-state index in [1.807, 2.05) is 42.3 Å². The number of carbonyl (C=O) groups is 2. The Morgan fingerprint density at radius 3 is 2.24 bits per heavy atom. The number of hydrogen-bond donors (Lipinski definition) is 1. The molecule has 1 aromatic heterocycles. The van der Waals surface area contributed by atoms with Gasteiger partial charge in [-0.05, 0) is 43.7 Å². The average molecular weight is 515 g/mol. The molecule has 1 amide bonds. The molecule has 3 heterocycles. The number of ether oxygens (including phenoxy) is 1. The van der Waals surface area contributed by atoms with Crippen LogP contribution in [0, 0.1) is 6.92 Å². The Kier molecular flexibility index (Phi) is 7.83. The van der Waals surface area contributed by atoms with E-state index in [0.29, 0.717) is 44.1 Å². The van der Waals surface area contributed by atoms with Crippen molar-refractivity contribution < 1.29 is 14.3 Å². The van der Waals surface area contributed by atoms with Crippen LogP contribution in [0.4, 0.5) is 23.1 Å². The van der Waals surface area contributed by atoms with Gasteiger partial charge in [-0.25, -0.2) is 4.98 Å². The summed E-state index contributed by atoms with van der Waals surface area (Å²) < 4.78 is 5.44. The highest BCUT2D eigenvalue weighted by Crippen LogP contribution is 2.24. The van der Waals surface area contributed by atoms with Crippen molar-refractivity contribution in [2.75, 3.05) is 67.6 Å². The topological polar surface area (TPSA) is 90.9 Å². The van der Waals surface area contributed by atoms with Gasteiger partial charge < -0.3 is 24.8 Å². The first-order valence-electron chi connectivity index (χ1n) is 13.1. The van der Waals surface area contributed by atoms with Gasteiger partial charge in [-0.1, -0.05) is 24.3 Å². The molecule has 5 rings (SSSR count). The van der Waals surface area contributed by atoms with Crippen molar-refractivity contribution in [1.82, 2.24) is 14.9 Å².